The molecule has 0 bridgehead atoms. The van der Waals surface area contributed by atoms with Crippen LogP contribution in [0, 0.1) is 6.92 Å². The molecule has 154 valence electrons. The standard InChI is InChI=1S/C21H28N6O2/c1-14(2)22-21(29)26-12-9-17-16(13-26)7-6-8-18(17)27-15(3)19(23-24-27)20(28)25-10-4-5-11-25/h6-8,14H,4-5,9-13H2,1-3H3,(H,22,29). The molecule has 2 aromatic rings. The van der Waals surface area contributed by atoms with Crippen LogP contribution in [0.2, 0.25) is 0 Å². The van der Waals surface area contributed by atoms with Crippen molar-refractivity contribution < 1.29 is 9.59 Å². The minimum Gasteiger partial charge on any atom is -0.337 e. The van der Waals surface area contributed by atoms with Gasteiger partial charge in [0.05, 0.1) is 11.4 Å². The summed E-state index contributed by atoms with van der Waals surface area (Å²) in [6, 6.07) is 6.11. The molecule has 0 radical (unpaired) electrons. The van der Waals surface area contributed by atoms with Gasteiger partial charge < -0.3 is 15.1 Å². The van der Waals surface area contributed by atoms with E-state index in [9.17, 15) is 9.59 Å². The minimum atomic E-state index is -0.0357. The van der Waals surface area contributed by atoms with Gasteiger partial charge in [-0.2, -0.15) is 0 Å². The number of urea groups is 1. The summed E-state index contributed by atoms with van der Waals surface area (Å²) in [5.41, 5.74) is 4.40. The van der Waals surface area contributed by atoms with Crippen molar-refractivity contribution in [2.45, 2.75) is 52.6 Å². The van der Waals surface area contributed by atoms with Gasteiger partial charge in [0.15, 0.2) is 5.69 Å². The van der Waals surface area contributed by atoms with Crippen molar-refractivity contribution in [1.82, 2.24) is 30.1 Å². The molecule has 2 aliphatic rings. The molecule has 8 nitrogen and oxygen atoms in total. The smallest absolute Gasteiger partial charge is 0.317 e. The van der Waals surface area contributed by atoms with E-state index in [1.54, 1.807) is 4.68 Å². The number of nitrogens with zero attached hydrogens (tertiary/aromatic N) is 5. The second kappa shape index (κ2) is 7.85. The lowest BCUT2D eigenvalue weighted by atomic mass is 9.98. The van der Waals surface area contributed by atoms with E-state index in [2.05, 4.69) is 21.7 Å². The fraction of sp³-hybridized carbons (Fsp3) is 0.524. The largest absolute Gasteiger partial charge is 0.337 e. The summed E-state index contributed by atoms with van der Waals surface area (Å²) >= 11 is 0. The number of aromatic nitrogens is 3. The van der Waals surface area contributed by atoms with Crippen molar-refractivity contribution in [2.24, 2.45) is 0 Å². The summed E-state index contributed by atoms with van der Waals surface area (Å²) in [7, 11) is 0. The quantitative estimate of drug-likeness (QED) is 0.863. The maximum absolute atomic E-state index is 12.8. The highest BCUT2D eigenvalue weighted by molar-refractivity contribution is 5.93. The van der Waals surface area contributed by atoms with Gasteiger partial charge in [-0.15, -0.1) is 5.10 Å². The molecule has 2 aliphatic heterocycles. The molecule has 8 heteroatoms. The summed E-state index contributed by atoms with van der Waals surface area (Å²) < 4.78 is 1.77. The first-order valence-corrected chi connectivity index (χ1v) is 10.3. The van der Waals surface area contributed by atoms with Gasteiger partial charge in [0.1, 0.15) is 0 Å². The van der Waals surface area contributed by atoms with Gasteiger partial charge in [0.2, 0.25) is 0 Å². The Morgan fingerprint density at radius 3 is 2.59 bits per heavy atom. The average molecular weight is 396 g/mol. The predicted molar refractivity (Wildman–Crippen MR) is 109 cm³/mol. The van der Waals surface area contributed by atoms with Gasteiger partial charge >= 0.3 is 6.03 Å². The lowest BCUT2D eigenvalue weighted by Crippen LogP contribution is -2.45. The van der Waals surface area contributed by atoms with Crippen molar-refractivity contribution in [1.29, 1.82) is 0 Å². The Hall–Kier alpha value is -2.90. The highest BCUT2D eigenvalue weighted by Crippen LogP contribution is 2.26. The Balaban J connectivity index is 1.60. The molecular weight excluding hydrogens is 368 g/mol. The first-order chi connectivity index (χ1) is 14.0. The van der Waals surface area contributed by atoms with E-state index in [4.69, 9.17) is 0 Å². The molecule has 1 saturated heterocycles. The summed E-state index contributed by atoms with van der Waals surface area (Å²) in [5.74, 6) is -0.0346. The van der Waals surface area contributed by atoms with E-state index in [0.29, 0.717) is 18.8 Å². The van der Waals surface area contributed by atoms with Gasteiger partial charge in [0, 0.05) is 32.2 Å². The topological polar surface area (TPSA) is 83.4 Å². The van der Waals surface area contributed by atoms with Crippen LogP contribution in [0.3, 0.4) is 0 Å². The Kier molecular flexibility index (Phi) is 5.25. The lowest BCUT2D eigenvalue weighted by molar-refractivity contribution is 0.0786. The van der Waals surface area contributed by atoms with E-state index in [-0.39, 0.29) is 18.0 Å². The molecule has 0 atom stereocenters. The number of carbonyl (C=O) groups is 2. The van der Waals surface area contributed by atoms with Crippen molar-refractivity contribution in [3.63, 3.8) is 0 Å². The highest BCUT2D eigenvalue weighted by Gasteiger charge is 2.27. The van der Waals surface area contributed by atoms with Crippen LogP contribution in [0.1, 0.15) is 54.0 Å². The second-order valence-corrected chi connectivity index (χ2v) is 8.13. The van der Waals surface area contributed by atoms with Gasteiger partial charge in [-0.1, -0.05) is 17.3 Å². The Morgan fingerprint density at radius 1 is 1.10 bits per heavy atom. The molecule has 1 aromatic heterocycles. The van der Waals surface area contributed by atoms with E-state index in [1.165, 1.54) is 0 Å². The SMILES string of the molecule is Cc1c(C(=O)N2CCCC2)nnn1-c1cccc2c1CCN(C(=O)NC(C)C)C2. The third-order valence-electron chi connectivity index (χ3n) is 5.66. The number of benzene rings is 1. The molecule has 0 aliphatic carbocycles. The fourth-order valence-corrected chi connectivity index (χ4v) is 4.12. The Bertz CT molecular complexity index is 929. The summed E-state index contributed by atoms with van der Waals surface area (Å²) in [4.78, 5) is 28.8. The Morgan fingerprint density at radius 2 is 1.86 bits per heavy atom. The fourth-order valence-electron chi connectivity index (χ4n) is 4.12. The molecule has 3 heterocycles. The molecule has 4 rings (SSSR count). The molecule has 0 spiro atoms. The zero-order valence-corrected chi connectivity index (χ0v) is 17.3. The predicted octanol–water partition coefficient (Wildman–Crippen LogP) is 2.29. The summed E-state index contributed by atoms with van der Waals surface area (Å²) in [5, 5.41) is 11.5. The monoisotopic (exact) mass is 396 g/mol. The minimum absolute atomic E-state index is 0.0346. The number of rotatable bonds is 3. The van der Waals surface area contributed by atoms with Crippen LogP contribution in [0.15, 0.2) is 18.2 Å². The Labute approximate surface area is 170 Å². The molecule has 3 amide bonds. The molecule has 29 heavy (non-hydrogen) atoms. The first-order valence-electron chi connectivity index (χ1n) is 10.3. The molecule has 1 fully saturated rings. The maximum atomic E-state index is 12.8. The van der Waals surface area contributed by atoms with E-state index >= 15 is 0 Å². The summed E-state index contributed by atoms with van der Waals surface area (Å²) in [6.45, 7) is 8.62. The zero-order chi connectivity index (χ0) is 20.5. The summed E-state index contributed by atoms with van der Waals surface area (Å²) in [6.07, 6.45) is 2.84. The van der Waals surface area contributed by atoms with Crippen molar-refractivity contribution in [2.75, 3.05) is 19.6 Å². The van der Waals surface area contributed by atoms with Crippen molar-refractivity contribution >= 4 is 11.9 Å². The lowest BCUT2D eigenvalue weighted by Gasteiger charge is -2.30. The van der Waals surface area contributed by atoms with Gasteiger partial charge in [-0.25, -0.2) is 9.48 Å². The second-order valence-electron chi connectivity index (χ2n) is 8.13. The number of hydrogen-bond donors (Lipinski definition) is 1. The molecular formula is C21H28N6O2. The third kappa shape index (κ3) is 3.71. The zero-order valence-electron chi connectivity index (χ0n) is 17.3. The maximum Gasteiger partial charge on any atom is 0.317 e. The van der Waals surface area contributed by atoms with Crippen LogP contribution in [0.25, 0.3) is 5.69 Å². The van der Waals surface area contributed by atoms with E-state index < -0.39 is 0 Å². The number of amides is 3. The van der Waals surface area contributed by atoms with Crippen LogP contribution in [-0.2, 0) is 13.0 Å². The third-order valence-corrected chi connectivity index (χ3v) is 5.66. The van der Waals surface area contributed by atoms with Crippen LogP contribution in [0.5, 0.6) is 0 Å². The normalized spacial score (nSPS) is 16.3. The van der Waals surface area contributed by atoms with Crippen LogP contribution >= 0.6 is 0 Å². The number of likely N-dealkylation sites (tertiary alicyclic amines) is 1. The average Bonchev–Trinajstić information content (AvgIpc) is 3.36. The van der Waals surface area contributed by atoms with Crippen LogP contribution < -0.4 is 5.32 Å². The molecule has 1 N–H and O–H groups in total. The van der Waals surface area contributed by atoms with Crippen LogP contribution in [0.4, 0.5) is 4.79 Å². The number of carbonyl (C=O) groups excluding carboxylic acids is 2. The van der Waals surface area contributed by atoms with Crippen molar-refractivity contribution in [3.8, 4) is 5.69 Å². The van der Waals surface area contributed by atoms with Gasteiger partial charge in [-0.05, 0) is 57.2 Å². The van der Waals surface area contributed by atoms with Crippen LogP contribution in [-0.4, -0.2) is 62.4 Å². The highest BCUT2D eigenvalue weighted by atomic mass is 16.2. The molecule has 0 saturated carbocycles. The molecule has 1 aromatic carbocycles. The van der Waals surface area contributed by atoms with Crippen molar-refractivity contribution in [3.05, 3.63) is 40.7 Å². The molecule has 0 unspecified atom stereocenters. The van der Waals surface area contributed by atoms with E-state index in [1.807, 2.05) is 42.7 Å². The number of hydrogen-bond acceptors (Lipinski definition) is 4. The number of nitrogens with one attached hydrogen (secondary N) is 1. The first kappa shape index (κ1) is 19.4. The van der Waals surface area contributed by atoms with Gasteiger partial charge in [-0.3, -0.25) is 4.79 Å². The number of fused-ring (bicyclic) bond motifs is 1. The van der Waals surface area contributed by atoms with E-state index in [0.717, 1.165) is 54.9 Å². The van der Waals surface area contributed by atoms with Gasteiger partial charge in [0.25, 0.3) is 5.91 Å².